The minimum absolute atomic E-state index is 0.0388. The lowest BCUT2D eigenvalue weighted by atomic mass is 10.1. The van der Waals surface area contributed by atoms with E-state index in [0.29, 0.717) is 30.3 Å². The largest absolute Gasteiger partial charge is 0.373 e. The van der Waals surface area contributed by atoms with E-state index in [1.165, 1.54) is 0 Å². The van der Waals surface area contributed by atoms with Crippen molar-refractivity contribution in [3.05, 3.63) is 33.3 Å². The van der Waals surface area contributed by atoms with Crippen molar-refractivity contribution in [2.45, 2.75) is 6.10 Å². The zero-order chi connectivity index (χ0) is 13.8. The number of halogens is 2. The van der Waals surface area contributed by atoms with Gasteiger partial charge in [-0.05, 0) is 25.2 Å². The van der Waals surface area contributed by atoms with Crippen LogP contribution in [0.4, 0.5) is 0 Å². The van der Waals surface area contributed by atoms with Crippen LogP contribution < -0.4 is 5.32 Å². The molecule has 1 saturated heterocycles. The average Bonchev–Trinajstić information content (AvgIpc) is 2.39. The number of rotatable bonds is 3. The van der Waals surface area contributed by atoms with Crippen LogP contribution in [0.2, 0.25) is 5.02 Å². The number of carbonyl (C=O) groups excluding carboxylic acids is 1. The molecule has 1 aromatic carbocycles. The predicted octanol–water partition coefficient (Wildman–Crippen LogP) is 2.16. The molecule has 19 heavy (non-hydrogen) atoms. The van der Waals surface area contributed by atoms with E-state index in [4.69, 9.17) is 16.3 Å². The van der Waals surface area contributed by atoms with Gasteiger partial charge in [-0.15, -0.1) is 0 Å². The van der Waals surface area contributed by atoms with Crippen LogP contribution in [0.3, 0.4) is 0 Å². The van der Waals surface area contributed by atoms with Crippen molar-refractivity contribution < 1.29 is 9.53 Å². The Bertz CT molecular complexity index is 468. The van der Waals surface area contributed by atoms with E-state index in [1.54, 1.807) is 17.0 Å². The van der Waals surface area contributed by atoms with Gasteiger partial charge < -0.3 is 15.0 Å². The lowest BCUT2D eigenvalue weighted by Gasteiger charge is -2.33. The molecule has 4 nitrogen and oxygen atoms in total. The van der Waals surface area contributed by atoms with Crippen LogP contribution >= 0.6 is 27.5 Å². The topological polar surface area (TPSA) is 41.6 Å². The number of nitrogens with one attached hydrogen (secondary N) is 1. The molecule has 1 heterocycles. The third kappa shape index (κ3) is 3.69. The summed E-state index contributed by atoms with van der Waals surface area (Å²) in [6, 6.07) is 5.31. The van der Waals surface area contributed by atoms with Crippen molar-refractivity contribution in [2.75, 3.05) is 33.3 Å². The van der Waals surface area contributed by atoms with Crippen LogP contribution in [-0.2, 0) is 4.74 Å². The number of carbonyl (C=O) groups is 1. The second kappa shape index (κ2) is 6.70. The molecule has 1 amide bonds. The number of hydrogen-bond donors (Lipinski definition) is 1. The number of nitrogens with zero attached hydrogens (tertiary/aromatic N) is 1. The van der Waals surface area contributed by atoms with Gasteiger partial charge in [-0.25, -0.2) is 0 Å². The molecule has 0 saturated carbocycles. The maximum absolute atomic E-state index is 12.4. The smallest absolute Gasteiger partial charge is 0.255 e. The summed E-state index contributed by atoms with van der Waals surface area (Å²) >= 11 is 9.45. The fraction of sp³-hybridized carbons (Fsp3) is 0.462. The molecule has 1 aromatic rings. The van der Waals surface area contributed by atoms with Gasteiger partial charge in [0.15, 0.2) is 0 Å². The van der Waals surface area contributed by atoms with Crippen LogP contribution in [0.5, 0.6) is 0 Å². The molecule has 1 aliphatic heterocycles. The lowest BCUT2D eigenvalue weighted by molar-refractivity contribution is -0.0196. The summed E-state index contributed by atoms with van der Waals surface area (Å²) in [6.45, 7) is 2.49. The first kappa shape index (κ1) is 14.8. The Hall–Kier alpha value is -0.620. The van der Waals surface area contributed by atoms with Crippen LogP contribution in [0.1, 0.15) is 10.4 Å². The molecule has 0 spiro atoms. The Balaban J connectivity index is 2.10. The van der Waals surface area contributed by atoms with Gasteiger partial charge in [0.05, 0.1) is 23.3 Å². The van der Waals surface area contributed by atoms with E-state index in [9.17, 15) is 4.79 Å². The van der Waals surface area contributed by atoms with Crippen molar-refractivity contribution in [1.82, 2.24) is 10.2 Å². The van der Waals surface area contributed by atoms with Gasteiger partial charge >= 0.3 is 0 Å². The van der Waals surface area contributed by atoms with E-state index in [2.05, 4.69) is 21.2 Å². The Kier molecular flexibility index (Phi) is 5.21. The molecule has 1 aliphatic rings. The van der Waals surface area contributed by atoms with E-state index in [0.717, 1.165) is 11.0 Å². The zero-order valence-corrected chi connectivity index (χ0v) is 13.0. The van der Waals surface area contributed by atoms with Gasteiger partial charge in [0.1, 0.15) is 0 Å². The number of benzene rings is 1. The highest BCUT2D eigenvalue weighted by Crippen LogP contribution is 2.23. The maximum Gasteiger partial charge on any atom is 0.255 e. The molecule has 1 unspecified atom stereocenters. The standard InChI is InChI=1S/C13H16BrClN2O2/c1-16-7-10-8-17(4-5-19-10)13(18)11-3-2-9(14)6-12(11)15/h2-3,6,10,16H,4-5,7-8H2,1H3. The highest BCUT2D eigenvalue weighted by molar-refractivity contribution is 9.10. The maximum atomic E-state index is 12.4. The van der Waals surface area contributed by atoms with Crippen molar-refractivity contribution in [3.8, 4) is 0 Å². The van der Waals surface area contributed by atoms with Crippen molar-refractivity contribution in [1.29, 1.82) is 0 Å². The number of ether oxygens (including phenoxy) is 1. The molecular weight excluding hydrogens is 332 g/mol. The quantitative estimate of drug-likeness (QED) is 0.911. The molecule has 0 radical (unpaired) electrons. The van der Waals surface area contributed by atoms with E-state index >= 15 is 0 Å². The number of likely N-dealkylation sites (N-methyl/N-ethyl adjacent to an activating group) is 1. The lowest BCUT2D eigenvalue weighted by Crippen LogP contribution is -2.48. The van der Waals surface area contributed by atoms with Gasteiger partial charge in [-0.2, -0.15) is 0 Å². The second-order valence-corrected chi connectivity index (χ2v) is 5.75. The molecule has 1 fully saturated rings. The number of amides is 1. The van der Waals surface area contributed by atoms with Crippen molar-refractivity contribution in [2.24, 2.45) is 0 Å². The SMILES string of the molecule is CNCC1CN(C(=O)c2ccc(Br)cc2Cl)CCO1. The Morgan fingerprint density at radius 3 is 3.11 bits per heavy atom. The minimum Gasteiger partial charge on any atom is -0.373 e. The van der Waals surface area contributed by atoms with Gasteiger partial charge in [-0.3, -0.25) is 4.79 Å². The van der Waals surface area contributed by atoms with Gasteiger partial charge in [-0.1, -0.05) is 27.5 Å². The molecular formula is C13H16BrClN2O2. The first-order valence-electron chi connectivity index (χ1n) is 6.12. The van der Waals surface area contributed by atoms with Gasteiger partial charge in [0, 0.05) is 24.1 Å². The summed E-state index contributed by atoms with van der Waals surface area (Å²) in [5.41, 5.74) is 0.537. The highest BCUT2D eigenvalue weighted by atomic mass is 79.9. The van der Waals surface area contributed by atoms with Crippen LogP contribution in [0.15, 0.2) is 22.7 Å². The summed E-state index contributed by atoms with van der Waals surface area (Å²) in [5.74, 6) is -0.0399. The normalized spacial score (nSPS) is 19.5. The second-order valence-electron chi connectivity index (χ2n) is 4.43. The van der Waals surface area contributed by atoms with Crippen LogP contribution in [0.25, 0.3) is 0 Å². The molecule has 0 aliphatic carbocycles. The third-order valence-electron chi connectivity index (χ3n) is 3.02. The molecule has 0 aromatic heterocycles. The Morgan fingerprint density at radius 1 is 1.63 bits per heavy atom. The Labute approximate surface area is 126 Å². The monoisotopic (exact) mass is 346 g/mol. The summed E-state index contributed by atoms with van der Waals surface area (Å²) in [4.78, 5) is 14.2. The first-order valence-corrected chi connectivity index (χ1v) is 7.29. The fourth-order valence-corrected chi connectivity index (χ4v) is 2.84. The molecule has 0 bridgehead atoms. The van der Waals surface area contributed by atoms with E-state index in [-0.39, 0.29) is 12.0 Å². The van der Waals surface area contributed by atoms with Gasteiger partial charge in [0.2, 0.25) is 0 Å². The highest BCUT2D eigenvalue weighted by Gasteiger charge is 2.25. The fourth-order valence-electron chi connectivity index (χ4n) is 2.09. The molecule has 1 N–H and O–H groups in total. The minimum atomic E-state index is -0.0399. The molecule has 104 valence electrons. The average molecular weight is 348 g/mol. The van der Waals surface area contributed by atoms with Crippen LogP contribution in [-0.4, -0.2) is 50.2 Å². The third-order valence-corrected chi connectivity index (χ3v) is 3.83. The van der Waals surface area contributed by atoms with E-state index in [1.807, 2.05) is 13.1 Å². The van der Waals surface area contributed by atoms with Crippen molar-refractivity contribution >= 4 is 33.4 Å². The summed E-state index contributed by atoms with van der Waals surface area (Å²) < 4.78 is 6.45. The van der Waals surface area contributed by atoms with E-state index < -0.39 is 0 Å². The molecule has 6 heteroatoms. The molecule has 1 atom stereocenters. The first-order chi connectivity index (χ1) is 9.11. The number of hydrogen-bond acceptors (Lipinski definition) is 3. The van der Waals surface area contributed by atoms with Gasteiger partial charge in [0.25, 0.3) is 5.91 Å². The van der Waals surface area contributed by atoms with Crippen molar-refractivity contribution in [3.63, 3.8) is 0 Å². The number of morpholine rings is 1. The summed E-state index contributed by atoms with van der Waals surface area (Å²) in [7, 11) is 1.87. The Morgan fingerprint density at radius 2 is 2.42 bits per heavy atom. The predicted molar refractivity (Wildman–Crippen MR) is 78.7 cm³/mol. The van der Waals surface area contributed by atoms with Crippen LogP contribution in [0, 0.1) is 0 Å². The molecule has 2 rings (SSSR count). The summed E-state index contributed by atoms with van der Waals surface area (Å²) in [5, 5.41) is 3.53. The zero-order valence-electron chi connectivity index (χ0n) is 10.7. The summed E-state index contributed by atoms with van der Waals surface area (Å²) in [6.07, 6.45) is 0.0388.